The highest BCUT2D eigenvalue weighted by molar-refractivity contribution is 6.51. The van der Waals surface area contributed by atoms with Gasteiger partial charge in [0.25, 0.3) is 11.7 Å². The van der Waals surface area contributed by atoms with Gasteiger partial charge in [0.05, 0.1) is 24.6 Å². The van der Waals surface area contributed by atoms with Crippen LogP contribution in [0.1, 0.15) is 40.8 Å². The molecule has 35 heavy (non-hydrogen) atoms. The Morgan fingerprint density at radius 2 is 1.63 bits per heavy atom. The topological polar surface area (TPSA) is 83.9 Å². The standard InChI is InChI=1S/C29H27NO5/c1-4-35-24(31)17-20-10-14-23(15-11-20)30-26(22-7-5-6-19(3)16-22)25(28(33)29(30)34)27(32)21-12-8-18(2)9-13-21/h5-16,26,32H,4,17H2,1-3H3/b27-25-. The van der Waals surface area contributed by atoms with Gasteiger partial charge in [-0.1, -0.05) is 71.8 Å². The number of carbonyl (C=O) groups excluding carboxylic acids is 3. The molecule has 3 aromatic carbocycles. The largest absolute Gasteiger partial charge is 0.507 e. The molecular formula is C29H27NO5. The van der Waals surface area contributed by atoms with Crippen LogP contribution < -0.4 is 4.90 Å². The van der Waals surface area contributed by atoms with E-state index < -0.39 is 17.7 Å². The number of anilines is 1. The lowest BCUT2D eigenvalue weighted by molar-refractivity contribution is -0.142. The van der Waals surface area contributed by atoms with Gasteiger partial charge in [-0.2, -0.15) is 0 Å². The molecular weight excluding hydrogens is 442 g/mol. The van der Waals surface area contributed by atoms with E-state index >= 15 is 0 Å². The molecule has 6 heteroatoms. The maximum absolute atomic E-state index is 13.3. The van der Waals surface area contributed by atoms with Gasteiger partial charge in [0.2, 0.25) is 0 Å². The van der Waals surface area contributed by atoms with Crippen LogP contribution in [0.25, 0.3) is 5.76 Å². The van der Waals surface area contributed by atoms with Crippen molar-refractivity contribution in [3.05, 3.63) is 106 Å². The Kier molecular flexibility index (Phi) is 6.82. The van der Waals surface area contributed by atoms with Gasteiger partial charge in [-0.25, -0.2) is 0 Å². The number of aryl methyl sites for hydroxylation is 2. The Balaban J connectivity index is 1.81. The van der Waals surface area contributed by atoms with Crippen molar-refractivity contribution >= 4 is 29.1 Å². The lowest BCUT2D eigenvalue weighted by Gasteiger charge is -2.26. The van der Waals surface area contributed by atoms with Crippen molar-refractivity contribution in [2.45, 2.75) is 33.2 Å². The summed E-state index contributed by atoms with van der Waals surface area (Å²) in [6.07, 6.45) is 0.113. The van der Waals surface area contributed by atoms with E-state index in [1.807, 2.05) is 50.2 Å². The van der Waals surface area contributed by atoms with Crippen molar-refractivity contribution in [2.75, 3.05) is 11.5 Å². The molecule has 4 rings (SSSR count). The molecule has 0 spiro atoms. The van der Waals surface area contributed by atoms with Crippen LogP contribution in [0.4, 0.5) is 5.69 Å². The Labute approximate surface area is 204 Å². The normalized spacial score (nSPS) is 17.0. The van der Waals surface area contributed by atoms with E-state index in [9.17, 15) is 19.5 Å². The van der Waals surface area contributed by atoms with Crippen molar-refractivity contribution in [3.8, 4) is 0 Å². The fourth-order valence-corrected chi connectivity index (χ4v) is 4.27. The summed E-state index contributed by atoms with van der Waals surface area (Å²) in [4.78, 5) is 39.8. The second-order valence-electron chi connectivity index (χ2n) is 8.60. The summed E-state index contributed by atoms with van der Waals surface area (Å²) in [5, 5.41) is 11.2. The van der Waals surface area contributed by atoms with Gasteiger partial charge in [-0.15, -0.1) is 0 Å². The zero-order chi connectivity index (χ0) is 25.1. The smallest absolute Gasteiger partial charge is 0.310 e. The Bertz CT molecular complexity index is 1310. The number of nitrogens with zero attached hydrogens (tertiary/aromatic N) is 1. The lowest BCUT2D eigenvalue weighted by atomic mass is 9.94. The molecule has 1 aliphatic rings. The van der Waals surface area contributed by atoms with Gasteiger partial charge >= 0.3 is 5.97 Å². The number of carbonyl (C=O) groups is 3. The lowest BCUT2D eigenvalue weighted by Crippen LogP contribution is -2.29. The van der Waals surface area contributed by atoms with Crippen LogP contribution in [0.2, 0.25) is 0 Å². The molecule has 1 heterocycles. The van der Waals surface area contributed by atoms with Crippen LogP contribution in [0.15, 0.2) is 78.4 Å². The van der Waals surface area contributed by atoms with Gasteiger partial charge in [-0.05, 0) is 44.0 Å². The van der Waals surface area contributed by atoms with E-state index in [0.29, 0.717) is 23.4 Å². The van der Waals surface area contributed by atoms with Crippen LogP contribution in [-0.2, 0) is 25.5 Å². The highest BCUT2D eigenvalue weighted by Crippen LogP contribution is 2.42. The van der Waals surface area contributed by atoms with Crippen LogP contribution in [0, 0.1) is 13.8 Å². The SMILES string of the molecule is CCOC(=O)Cc1ccc(N2C(=O)C(=O)/C(=C(\O)c3ccc(C)cc3)C2c2cccc(C)c2)cc1. The summed E-state index contributed by atoms with van der Waals surface area (Å²) < 4.78 is 5.00. The highest BCUT2D eigenvalue weighted by atomic mass is 16.5. The number of Topliss-reactive ketones (excluding diaryl/α,β-unsaturated/α-hetero) is 1. The summed E-state index contributed by atoms with van der Waals surface area (Å²) >= 11 is 0. The van der Waals surface area contributed by atoms with Crippen LogP contribution in [0.5, 0.6) is 0 Å². The monoisotopic (exact) mass is 469 g/mol. The first kappa shape index (κ1) is 24.0. The molecule has 3 aromatic rings. The molecule has 1 unspecified atom stereocenters. The molecule has 0 bridgehead atoms. The Hall–Kier alpha value is -4.19. The maximum atomic E-state index is 13.3. The van der Waals surface area contributed by atoms with Gasteiger partial charge in [0.1, 0.15) is 5.76 Å². The molecule has 6 nitrogen and oxygen atoms in total. The third-order valence-electron chi connectivity index (χ3n) is 6.00. The van der Waals surface area contributed by atoms with E-state index in [4.69, 9.17) is 4.74 Å². The number of hydrogen-bond acceptors (Lipinski definition) is 5. The minimum Gasteiger partial charge on any atom is -0.507 e. The quantitative estimate of drug-likeness (QED) is 0.237. The molecule has 1 amide bonds. The van der Waals surface area contributed by atoms with Crippen molar-refractivity contribution in [1.82, 2.24) is 0 Å². The van der Waals surface area contributed by atoms with Crippen LogP contribution in [-0.4, -0.2) is 29.4 Å². The number of esters is 1. The summed E-state index contributed by atoms with van der Waals surface area (Å²) in [5.74, 6) is -2.01. The van der Waals surface area contributed by atoms with Crippen molar-refractivity contribution < 1.29 is 24.2 Å². The summed E-state index contributed by atoms with van der Waals surface area (Å²) in [7, 11) is 0. The molecule has 1 aliphatic heterocycles. The number of hydrogen-bond donors (Lipinski definition) is 1. The number of aliphatic hydroxyl groups is 1. The van der Waals surface area contributed by atoms with Gasteiger partial charge in [0, 0.05) is 11.3 Å². The minimum absolute atomic E-state index is 0.0417. The number of ketones is 1. The van der Waals surface area contributed by atoms with Crippen molar-refractivity contribution in [2.24, 2.45) is 0 Å². The van der Waals surface area contributed by atoms with E-state index in [-0.39, 0.29) is 23.7 Å². The average Bonchev–Trinajstić information content (AvgIpc) is 3.10. The first-order valence-corrected chi connectivity index (χ1v) is 11.5. The molecule has 0 aromatic heterocycles. The molecule has 0 saturated carbocycles. The zero-order valence-corrected chi connectivity index (χ0v) is 19.9. The first-order valence-electron chi connectivity index (χ1n) is 11.5. The number of ether oxygens (including phenoxy) is 1. The fourth-order valence-electron chi connectivity index (χ4n) is 4.27. The van der Waals surface area contributed by atoms with E-state index in [0.717, 1.165) is 16.7 Å². The van der Waals surface area contributed by atoms with Gasteiger partial charge in [0.15, 0.2) is 0 Å². The van der Waals surface area contributed by atoms with Crippen LogP contribution in [0.3, 0.4) is 0 Å². The van der Waals surface area contributed by atoms with Crippen LogP contribution >= 0.6 is 0 Å². The average molecular weight is 470 g/mol. The molecule has 178 valence electrons. The van der Waals surface area contributed by atoms with Gasteiger partial charge in [-0.3, -0.25) is 19.3 Å². The summed E-state index contributed by atoms with van der Waals surface area (Å²) in [5.41, 5.74) is 4.43. The zero-order valence-electron chi connectivity index (χ0n) is 19.9. The molecule has 1 N–H and O–H groups in total. The number of amides is 1. The fraction of sp³-hybridized carbons (Fsp3) is 0.207. The minimum atomic E-state index is -0.799. The Morgan fingerprint density at radius 1 is 0.943 bits per heavy atom. The molecule has 1 atom stereocenters. The third-order valence-corrected chi connectivity index (χ3v) is 6.00. The Morgan fingerprint density at radius 3 is 2.26 bits per heavy atom. The number of aliphatic hydroxyl groups excluding tert-OH is 1. The third kappa shape index (κ3) is 4.87. The predicted molar refractivity (Wildman–Crippen MR) is 134 cm³/mol. The summed E-state index contributed by atoms with van der Waals surface area (Å²) in [6, 6.07) is 20.8. The maximum Gasteiger partial charge on any atom is 0.310 e. The number of rotatable bonds is 6. The second kappa shape index (κ2) is 9.97. The van der Waals surface area contributed by atoms with E-state index in [2.05, 4.69) is 0 Å². The van der Waals surface area contributed by atoms with Crippen molar-refractivity contribution in [1.29, 1.82) is 0 Å². The summed E-state index contributed by atoms with van der Waals surface area (Å²) in [6.45, 7) is 5.92. The first-order chi connectivity index (χ1) is 16.8. The predicted octanol–water partition coefficient (Wildman–Crippen LogP) is 5.04. The number of benzene rings is 3. The molecule has 1 fully saturated rings. The second-order valence-corrected chi connectivity index (χ2v) is 8.60. The molecule has 0 radical (unpaired) electrons. The molecule has 1 saturated heterocycles. The van der Waals surface area contributed by atoms with Crippen molar-refractivity contribution in [3.63, 3.8) is 0 Å². The highest BCUT2D eigenvalue weighted by Gasteiger charge is 2.47. The van der Waals surface area contributed by atoms with Gasteiger partial charge < -0.3 is 9.84 Å². The van der Waals surface area contributed by atoms with E-state index in [1.165, 1.54) is 4.90 Å². The molecule has 0 aliphatic carbocycles. The van der Waals surface area contributed by atoms with E-state index in [1.54, 1.807) is 43.3 Å².